The predicted molar refractivity (Wildman–Crippen MR) is 106 cm³/mol. The lowest BCUT2D eigenvalue weighted by atomic mass is 10.1. The lowest BCUT2D eigenvalue weighted by Gasteiger charge is -2.10. The maximum Gasteiger partial charge on any atom is 0.435 e. The Labute approximate surface area is 163 Å². The van der Waals surface area contributed by atoms with Gasteiger partial charge in [0.15, 0.2) is 5.69 Å². The van der Waals surface area contributed by atoms with Crippen LogP contribution in [0.3, 0.4) is 0 Å². The van der Waals surface area contributed by atoms with Gasteiger partial charge in [-0.15, -0.1) is 0 Å². The molecule has 1 rings (SSSR count). The first-order valence-electron chi connectivity index (χ1n) is 8.39. The minimum Gasteiger partial charge on any atom is -0.233 e. The summed E-state index contributed by atoms with van der Waals surface area (Å²) in [6.07, 6.45) is 3.32. The van der Waals surface area contributed by atoms with E-state index in [0.717, 1.165) is 22.4 Å². The molecule has 0 amide bonds. The summed E-state index contributed by atoms with van der Waals surface area (Å²) in [7, 11) is -3.99. The molecule has 0 spiro atoms. The molecule has 154 valence electrons. The van der Waals surface area contributed by atoms with E-state index in [9.17, 15) is 21.6 Å². The van der Waals surface area contributed by atoms with Crippen molar-refractivity contribution in [3.63, 3.8) is 0 Å². The van der Waals surface area contributed by atoms with Crippen LogP contribution in [0.4, 0.5) is 13.2 Å². The molecular formula is C19H24F3N3O2S. The highest BCUT2D eigenvalue weighted by Gasteiger charge is 2.35. The van der Waals surface area contributed by atoms with Crippen LogP contribution >= 0.6 is 0 Å². The quantitative estimate of drug-likeness (QED) is 0.645. The number of allylic oxidation sites excluding steroid dienone is 8. The van der Waals surface area contributed by atoms with Gasteiger partial charge in [0.05, 0.1) is 16.3 Å². The first-order valence-corrected chi connectivity index (χ1v) is 9.94. The van der Waals surface area contributed by atoms with E-state index in [0.29, 0.717) is 12.0 Å². The van der Waals surface area contributed by atoms with Gasteiger partial charge in [-0.2, -0.15) is 18.3 Å². The zero-order valence-corrected chi connectivity index (χ0v) is 17.0. The van der Waals surface area contributed by atoms with Crippen LogP contribution in [0.5, 0.6) is 0 Å². The molecule has 9 heteroatoms. The number of halogens is 3. The molecule has 0 unspecified atom stereocenters. The van der Waals surface area contributed by atoms with Crippen LogP contribution in [0.15, 0.2) is 53.5 Å². The van der Waals surface area contributed by atoms with Crippen molar-refractivity contribution >= 4 is 21.3 Å². The Hall–Kier alpha value is -2.39. The van der Waals surface area contributed by atoms with E-state index in [4.69, 9.17) is 5.14 Å². The van der Waals surface area contributed by atoms with Gasteiger partial charge in [-0.05, 0) is 51.0 Å². The highest BCUT2D eigenvalue weighted by Crippen LogP contribution is 2.32. The normalized spacial score (nSPS) is 13.9. The lowest BCUT2D eigenvalue weighted by Crippen LogP contribution is -2.12. The highest BCUT2D eigenvalue weighted by molar-refractivity contribution is 7.93. The molecule has 0 radical (unpaired) electrons. The van der Waals surface area contributed by atoms with Gasteiger partial charge in [0.1, 0.15) is 0 Å². The summed E-state index contributed by atoms with van der Waals surface area (Å²) in [6, 6.07) is 0.972. The third-order valence-corrected chi connectivity index (χ3v) is 4.54. The average Bonchev–Trinajstić information content (AvgIpc) is 3.00. The van der Waals surface area contributed by atoms with Gasteiger partial charge >= 0.3 is 6.18 Å². The molecule has 0 bridgehead atoms. The number of primary sulfonamides is 1. The van der Waals surface area contributed by atoms with Gasteiger partial charge < -0.3 is 0 Å². The number of rotatable bonds is 7. The number of alkyl halides is 3. The number of nitrogens with zero attached hydrogens (tertiary/aromatic N) is 2. The van der Waals surface area contributed by atoms with Crippen molar-refractivity contribution in [3.8, 4) is 0 Å². The summed E-state index contributed by atoms with van der Waals surface area (Å²) >= 11 is 0. The van der Waals surface area contributed by atoms with E-state index in [1.165, 1.54) is 12.2 Å². The predicted octanol–water partition coefficient (Wildman–Crippen LogP) is 4.88. The van der Waals surface area contributed by atoms with Crippen molar-refractivity contribution in [3.05, 3.63) is 64.9 Å². The fourth-order valence-corrected chi connectivity index (χ4v) is 2.42. The molecule has 0 aliphatic carbocycles. The Balaban J connectivity index is 3.61. The third-order valence-electron chi connectivity index (χ3n) is 3.67. The zero-order valence-electron chi connectivity index (χ0n) is 16.2. The maximum atomic E-state index is 13.2. The SMILES string of the molecule is C=C(/C=C\C(=C/C)n1nc(C(F)(F)F)cc1/C(=C/C=C(C)C)CC)S(N)(=O)=O. The van der Waals surface area contributed by atoms with Crippen LogP contribution in [0.2, 0.25) is 0 Å². The topological polar surface area (TPSA) is 78.0 Å². The number of hydrogen-bond acceptors (Lipinski definition) is 3. The van der Waals surface area contributed by atoms with Gasteiger partial charge in [-0.3, -0.25) is 0 Å². The molecule has 0 atom stereocenters. The minimum atomic E-state index is -4.62. The summed E-state index contributed by atoms with van der Waals surface area (Å²) < 4.78 is 63.5. The molecule has 1 aromatic heterocycles. The van der Waals surface area contributed by atoms with E-state index in [-0.39, 0.29) is 16.3 Å². The van der Waals surface area contributed by atoms with E-state index in [1.54, 1.807) is 19.1 Å². The molecule has 1 aromatic rings. The molecule has 0 fully saturated rings. The van der Waals surface area contributed by atoms with Gasteiger partial charge in [0.2, 0.25) is 10.0 Å². The molecule has 0 saturated carbocycles. The Bertz CT molecular complexity index is 959. The zero-order chi connectivity index (χ0) is 21.7. The van der Waals surface area contributed by atoms with E-state index >= 15 is 0 Å². The second kappa shape index (κ2) is 9.20. The average molecular weight is 415 g/mol. The molecule has 28 heavy (non-hydrogen) atoms. The van der Waals surface area contributed by atoms with Gasteiger partial charge in [0, 0.05) is 0 Å². The first-order chi connectivity index (χ1) is 12.8. The monoisotopic (exact) mass is 415 g/mol. The fraction of sp³-hybridized carbons (Fsp3) is 0.316. The standard InChI is InChI=1S/C19H24F3N3O2S/c1-6-15(10-8-13(3)4)17-12-18(19(20,21)22)24-25(17)16(7-2)11-9-14(5)28(23,26)27/h7-12H,5-6H2,1-4H3,(H2,23,26,27)/b11-9-,15-10+,16-7+. The van der Waals surface area contributed by atoms with Crippen LogP contribution in [-0.4, -0.2) is 18.2 Å². The summed E-state index contributed by atoms with van der Waals surface area (Å²) in [5.74, 6) is 0. The Morgan fingerprint density at radius 1 is 1.29 bits per heavy atom. The smallest absolute Gasteiger partial charge is 0.233 e. The largest absolute Gasteiger partial charge is 0.435 e. The first kappa shape index (κ1) is 23.6. The van der Waals surface area contributed by atoms with Crippen LogP contribution in [0.1, 0.15) is 45.5 Å². The second-order valence-electron chi connectivity index (χ2n) is 6.17. The molecule has 0 aromatic carbocycles. The number of aromatic nitrogens is 2. The van der Waals surface area contributed by atoms with E-state index < -0.39 is 21.9 Å². The van der Waals surface area contributed by atoms with Crippen LogP contribution in [0.25, 0.3) is 11.3 Å². The number of sulfonamides is 1. The Morgan fingerprint density at radius 2 is 1.89 bits per heavy atom. The summed E-state index contributed by atoms with van der Waals surface area (Å²) in [5, 5.41) is 8.68. The molecule has 1 heterocycles. The van der Waals surface area contributed by atoms with Crippen molar-refractivity contribution in [1.82, 2.24) is 9.78 Å². The molecule has 2 N–H and O–H groups in total. The fourth-order valence-electron chi connectivity index (χ4n) is 2.16. The highest BCUT2D eigenvalue weighted by atomic mass is 32.2. The van der Waals surface area contributed by atoms with Crippen molar-refractivity contribution in [2.75, 3.05) is 0 Å². The van der Waals surface area contributed by atoms with Crippen molar-refractivity contribution in [1.29, 1.82) is 0 Å². The molecule has 0 aliphatic rings. The van der Waals surface area contributed by atoms with Crippen molar-refractivity contribution < 1.29 is 21.6 Å². The van der Waals surface area contributed by atoms with Crippen LogP contribution < -0.4 is 5.14 Å². The van der Waals surface area contributed by atoms with Crippen molar-refractivity contribution in [2.24, 2.45) is 5.14 Å². The molecule has 5 nitrogen and oxygen atoms in total. The maximum absolute atomic E-state index is 13.2. The molecule has 0 saturated heterocycles. The van der Waals surface area contributed by atoms with Gasteiger partial charge in [-0.1, -0.05) is 37.3 Å². The number of hydrogen-bond donors (Lipinski definition) is 1. The molecule has 0 aliphatic heterocycles. The summed E-state index contributed by atoms with van der Waals surface area (Å²) in [6.45, 7) is 10.5. The van der Waals surface area contributed by atoms with Crippen LogP contribution in [-0.2, 0) is 16.2 Å². The minimum absolute atomic E-state index is 0.242. The van der Waals surface area contributed by atoms with Gasteiger partial charge in [0.25, 0.3) is 0 Å². The van der Waals surface area contributed by atoms with E-state index in [2.05, 4.69) is 11.7 Å². The Morgan fingerprint density at radius 3 is 2.32 bits per heavy atom. The summed E-state index contributed by atoms with van der Waals surface area (Å²) in [4.78, 5) is -0.368. The third kappa shape index (κ3) is 6.35. The molecular weight excluding hydrogens is 391 g/mol. The van der Waals surface area contributed by atoms with Gasteiger partial charge in [-0.25, -0.2) is 18.2 Å². The van der Waals surface area contributed by atoms with Crippen LogP contribution in [0, 0.1) is 0 Å². The lowest BCUT2D eigenvalue weighted by molar-refractivity contribution is -0.141. The Kier molecular flexibility index (Phi) is 7.77. The summed E-state index contributed by atoms with van der Waals surface area (Å²) in [5.41, 5.74) is 1.08. The second-order valence-corrected chi connectivity index (χ2v) is 7.79. The van der Waals surface area contributed by atoms with E-state index in [1.807, 2.05) is 20.8 Å². The number of nitrogens with two attached hydrogens (primary N) is 1. The van der Waals surface area contributed by atoms with Crippen molar-refractivity contribution in [2.45, 2.75) is 40.3 Å².